The first-order chi connectivity index (χ1) is 11.4. The highest BCUT2D eigenvalue weighted by atomic mass is 32.2. The van der Waals surface area contributed by atoms with Gasteiger partial charge in [-0.15, -0.1) is 0 Å². The first-order valence-electron chi connectivity index (χ1n) is 7.65. The highest BCUT2D eigenvalue weighted by Gasteiger charge is 2.07. The molecule has 0 aliphatic heterocycles. The summed E-state index contributed by atoms with van der Waals surface area (Å²) in [6.45, 7) is 0. The lowest BCUT2D eigenvalue weighted by molar-refractivity contribution is 0.414. The molecule has 2 rings (SSSR count). The second-order valence-corrected chi connectivity index (χ2v) is 7.74. The summed E-state index contributed by atoms with van der Waals surface area (Å²) >= 11 is 5.46. The maximum absolute atomic E-state index is 11.2. The molecule has 2 N–H and O–H groups in total. The quantitative estimate of drug-likeness (QED) is 0.731. The molecule has 0 spiro atoms. The predicted octanol–water partition coefficient (Wildman–Crippen LogP) is 3.28. The summed E-state index contributed by atoms with van der Waals surface area (Å²) in [6.07, 6.45) is 3.43. The molecule has 128 valence electrons. The fraction of sp³-hybridized carbons (Fsp3) is 0.278. The van der Waals surface area contributed by atoms with Gasteiger partial charge < -0.3 is 4.74 Å². The van der Waals surface area contributed by atoms with Gasteiger partial charge in [-0.05, 0) is 59.5 Å². The molecule has 0 bridgehead atoms. The zero-order chi connectivity index (χ0) is 17.6. The first-order valence-corrected chi connectivity index (χ1v) is 9.60. The van der Waals surface area contributed by atoms with Crippen LogP contribution in [0.15, 0.2) is 53.4 Å². The molecule has 0 aliphatic rings. The van der Waals surface area contributed by atoms with Crippen molar-refractivity contribution in [2.24, 2.45) is 5.14 Å². The van der Waals surface area contributed by atoms with Crippen LogP contribution in [0, 0.1) is 0 Å². The molecule has 0 unspecified atom stereocenters. The zero-order valence-corrected chi connectivity index (χ0v) is 15.2. The SMILES string of the molecule is COc1ccc(CC(=S)CCCc2ccc(S(N)(=O)=O)cc2)cc1. The normalized spacial score (nSPS) is 11.2. The first kappa shape index (κ1) is 18.6. The number of ether oxygens (including phenoxy) is 1. The second kappa shape index (κ2) is 8.37. The lowest BCUT2D eigenvalue weighted by Crippen LogP contribution is -2.11. The number of sulfonamides is 1. The Morgan fingerprint density at radius 1 is 1.04 bits per heavy atom. The third-order valence-electron chi connectivity index (χ3n) is 3.73. The van der Waals surface area contributed by atoms with Gasteiger partial charge in [0.25, 0.3) is 0 Å². The number of methoxy groups -OCH3 is 1. The van der Waals surface area contributed by atoms with E-state index in [1.165, 1.54) is 5.56 Å². The number of hydrogen-bond donors (Lipinski definition) is 1. The molecule has 4 nitrogen and oxygen atoms in total. The number of benzene rings is 2. The van der Waals surface area contributed by atoms with Gasteiger partial charge in [-0.3, -0.25) is 0 Å². The van der Waals surface area contributed by atoms with E-state index >= 15 is 0 Å². The fourth-order valence-electron chi connectivity index (χ4n) is 2.39. The van der Waals surface area contributed by atoms with Gasteiger partial charge in [0.05, 0.1) is 12.0 Å². The van der Waals surface area contributed by atoms with Gasteiger partial charge >= 0.3 is 0 Å². The predicted molar refractivity (Wildman–Crippen MR) is 100 cm³/mol. The zero-order valence-electron chi connectivity index (χ0n) is 13.6. The minimum atomic E-state index is -3.62. The van der Waals surface area contributed by atoms with Crippen LogP contribution in [0.2, 0.25) is 0 Å². The minimum absolute atomic E-state index is 0.140. The molecular weight excluding hydrogens is 342 g/mol. The van der Waals surface area contributed by atoms with Crippen LogP contribution in [0.5, 0.6) is 5.75 Å². The average molecular weight is 364 g/mol. The van der Waals surface area contributed by atoms with Crippen LogP contribution in [-0.4, -0.2) is 20.4 Å². The van der Waals surface area contributed by atoms with Crippen LogP contribution in [0.25, 0.3) is 0 Å². The molecule has 2 aromatic rings. The van der Waals surface area contributed by atoms with Crippen LogP contribution >= 0.6 is 12.2 Å². The fourth-order valence-corrected chi connectivity index (χ4v) is 3.22. The van der Waals surface area contributed by atoms with Crippen LogP contribution in [0.3, 0.4) is 0 Å². The number of hydrogen-bond acceptors (Lipinski definition) is 4. The smallest absolute Gasteiger partial charge is 0.238 e. The molecule has 0 aromatic heterocycles. The Kier molecular flexibility index (Phi) is 6.48. The molecule has 0 saturated heterocycles. The maximum atomic E-state index is 11.2. The van der Waals surface area contributed by atoms with Gasteiger partial charge in [0, 0.05) is 6.42 Å². The van der Waals surface area contributed by atoms with E-state index in [0.29, 0.717) is 0 Å². The van der Waals surface area contributed by atoms with Crippen molar-refractivity contribution in [2.45, 2.75) is 30.6 Å². The summed E-state index contributed by atoms with van der Waals surface area (Å²) in [6, 6.07) is 14.6. The Morgan fingerprint density at radius 2 is 1.62 bits per heavy atom. The Hall–Kier alpha value is -1.76. The Morgan fingerprint density at radius 3 is 2.17 bits per heavy atom. The molecule has 6 heteroatoms. The van der Waals surface area contributed by atoms with Crippen LogP contribution < -0.4 is 9.88 Å². The van der Waals surface area contributed by atoms with Gasteiger partial charge in [0.15, 0.2) is 0 Å². The van der Waals surface area contributed by atoms with E-state index < -0.39 is 10.0 Å². The van der Waals surface area contributed by atoms with Gasteiger partial charge in [0.2, 0.25) is 10.0 Å². The molecular formula is C18H21NO3S2. The van der Waals surface area contributed by atoms with E-state index in [4.69, 9.17) is 22.1 Å². The maximum Gasteiger partial charge on any atom is 0.238 e. The van der Waals surface area contributed by atoms with E-state index in [1.807, 2.05) is 24.3 Å². The van der Waals surface area contributed by atoms with Crippen molar-refractivity contribution in [1.82, 2.24) is 0 Å². The van der Waals surface area contributed by atoms with Crippen molar-refractivity contribution < 1.29 is 13.2 Å². The number of rotatable bonds is 8. The van der Waals surface area contributed by atoms with E-state index in [0.717, 1.165) is 41.9 Å². The van der Waals surface area contributed by atoms with Crippen molar-refractivity contribution in [1.29, 1.82) is 0 Å². The Balaban J connectivity index is 1.79. The highest BCUT2D eigenvalue weighted by molar-refractivity contribution is 7.89. The van der Waals surface area contributed by atoms with Gasteiger partial charge in [-0.25, -0.2) is 13.6 Å². The van der Waals surface area contributed by atoms with Crippen LogP contribution in [0.4, 0.5) is 0 Å². The molecule has 0 atom stereocenters. The standard InChI is InChI=1S/C18H21NO3S2/c1-22-16-9-5-15(6-10-16)13-17(23)4-2-3-14-7-11-18(12-8-14)24(19,20)21/h5-12H,2-4,13H2,1H3,(H2,19,20,21). The minimum Gasteiger partial charge on any atom is -0.497 e. The highest BCUT2D eigenvalue weighted by Crippen LogP contribution is 2.15. The molecule has 0 radical (unpaired) electrons. The third kappa shape index (κ3) is 5.70. The lowest BCUT2D eigenvalue weighted by atomic mass is 10.0. The van der Waals surface area contributed by atoms with Crippen molar-refractivity contribution in [3.05, 3.63) is 59.7 Å². The number of primary sulfonamides is 1. The van der Waals surface area contributed by atoms with Gasteiger partial charge in [-0.2, -0.15) is 0 Å². The molecule has 0 amide bonds. The van der Waals surface area contributed by atoms with Gasteiger partial charge in [-0.1, -0.05) is 36.5 Å². The van der Waals surface area contributed by atoms with Crippen LogP contribution in [-0.2, 0) is 22.9 Å². The van der Waals surface area contributed by atoms with Crippen molar-refractivity contribution in [3.8, 4) is 5.75 Å². The Bertz CT molecular complexity index is 782. The van der Waals surface area contributed by atoms with E-state index in [-0.39, 0.29) is 4.90 Å². The molecule has 0 saturated carbocycles. The van der Waals surface area contributed by atoms with E-state index in [1.54, 1.807) is 31.4 Å². The van der Waals surface area contributed by atoms with Gasteiger partial charge in [0.1, 0.15) is 5.75 Å². The number of nitrogens with two attached hydrogens (primary N) is 1. The topological polar surface area (TPSA) is 69.4 Å². The molecule has 0 fully saturated rings. The van der Waals surface area contributed by atoms with Crippen molar-refractivity contribution in [2.75, 3.05) is 7.11 Å². The van der Waals surface area contributed by atoms with Crippen molar-refractivity contribution >= 4 is 27.1 Å². The summed E-state index contributed by atoms with van der Waals surface area (Å²) in [5.74, 6) is 0.840. The largest absolute Gasteiger partial charge is 0.497 e. The van der Waals surface area contributed by atoms with E-state index in [2.05, 4.69) is 0 Å². The number of thiocarbonyl (C=S) groups is 1. The second-order valence-electron chi connectivity index (χ2n) is 5.61. The average Bonchev–Trinajstić information content (AvgIpc) is 2.55. The van der Waals surface area contributed by atoms with Crippen LogP contribution in [0.1, 0.15) is 24.0 Å². The molecule has 0 aliphatic carbocycles. The summed E-state index contributed by atoms with van der Waals surface area (Å²) in [5, 5.41) is 5.09. The summed E-state index contributed by atoms with van der Waals surface area (Å²) in [4.78, 5) is 1.16. The lowest BCUT2D eigenvalue weighted by Gasteiger charge is -2.06. The Labute approximate surface area is 148 Å². The molecule has 24 heavy (non-hydrogen) atoms. The van der Waals surface area contributed by atoms with E-state index in [9.17, 15) is 8.42 Å². The monoisotopic (exact) mass is 363 g/mol. The molecule has 0 heterocycles. The summed E-state index contributed by atoms with van der Waals surface area (Å²) < 4.78 is 27.6. The molecule has 2 aromatic carbocycles. The van der Waals surface area contributed by atoms with Crippen molar-refractivity contribution in [3.63, 3.8) is 0 Å². The summed E-state index contributed by atoms with van der Waals surface area (Å²) in [5.41, 5.74) is 2.26. The summed E-state index contributed by atoms with van der Waals surface area (Å²) in [7, 11) is -1.97. The number of aryl methyl sites for hydroxylation is 1. The third-order valence-corrected chi connectivity index (χ3v) is 5.01.